The summed E-state index contributed by atoms with van der Waals surface area (Å²) in [4.78, 5) is 20.9. The van der Waals surface area contributed by atoms with E-state index < -0.39 is 0 Å². The van der Waals surface area contributed by atoms with Gasteiger partial charge in [-0.1, -0.05) is 31.4 Å². The standard InChI is InChI=1S/C19H24N4O2/c1-2-25-18(24)15-10-6-7-11-16(15)22-17-12-13-20-19(23-17)21-14-8-4-3-5-9-14/h6-7,10-14H,2-5,8-9H2,1H3,(H2,20,21,22,23). The van der Waals surface area contributed by atoms with Gasteiger partial charge in [-0.2, -0.15) is 4.98 Å². The maximum Gasteiger partial charge on any atom is 0.340 e. The van der Waals surface area contributed by atoms with Crippen molar-refractivity contribution in [3.8, 4) is 0 Å². The van der Waals surface area contributed by atoms with E-state index in [-0.39, 0.29) is 5.97 Å². The summed E-state index contributed by atoms with van der Waals surface area (Å²) < 4.78 is 5.11. The molecule has 0 unspecified atom stereocenters. The predicted molar refractivity (Wildman–Crippen MR) is 98.2 cm³/mol. The molecule has 1 fully saturated rings. The van der Waals surface area contributed by atoms with Crippen molar-refractivity contribution in [2.75, 3.05) is 17.2 Å². The fourth-order valence-corrected chi connectivity index (χ4v) is 3.04. The third-order valence-electron chi connectivity index (χ3n) is 4.28. The molecular formula is C19H24N4O2. The number of aromatic nitrogens is 2. The maximum atomic E-state index is 12.1. The van der Waals surface area contributed by atoms with Crippen LogP contribution in [0.4, 0.5) is 17.5 Å². The lowest BCUT2D eigenvalue weighted by Crippen LogP contribution is -2.23. The summed E-state index contributed by atoms with van der Waals surface area (Å²) in [5, 5.41) is 6.61. The molecule has 0 bridgehead atoms. The van der Waals surface area contributed by atoms with E-state index in [2.05, 4.69) is 20.6 Å². The fourth-order valence-electron chi connectivity index (χ4n) is 3.04. The number of para-hydroxylation sites is 1. The van der Waals surface area contributed by atoms with Gasteiger partial charge in [0.25, 0.3) is 0 Å². The van der Waals surface area contributed by atoms with E-state index >= 15 is 0 Å². The smallest absolute Gasteiger partial charge is 0.340 e. The molecule has 1 saturated carbocycles. The molecule has 0 atom stereocenters. The largest absolute Gasteiger partial charge is 0.462 e. The van der Waals surface area contributed by atoms with Gasteiger partial charge in [-0.25, -0.2) is 9.78 Å². The fraction of sp³-hybridized carbons (Fsp3) is 0.421. The Hall–Kier alpha value is -2.63. The predicted octanol–water partition coefficient (Wildman–Crippen LogP) is 4.14. The lowest BCUT2D eigenvalue weighted by atomic mass is 9.96. The Balaban J connectivity index is 1.73. The molecular weight excluding hydrogens is 316 g/mol. The second kappa shape index (κ2) is 8.46. The number of nitrogens with zero attached hydrogens (tertiary/aromatic N) is 2. The normalized spacial score (nSPS) is 14.8. The summed E-state index contributed by atoms with van der Waals surface area (Å²) >= 11 is 0. The number of rotatable bonds is 6. The van der Waals surface area contributed by atoms with E-state index in [1.165, 1.54) is 19.3 Å². The monoisotopic (exact) mass is 340 g/mol. The summed E-state index contributed by atoms with van der Waals surface area (Å²) in [6.07, 6.45) is 7.85. The lowest BCUT2D eigenvalue weighted by Gasteiger charge is -2.22. The Morgan fingerprint density at radius 1 is 1.20 bits per heavy atom. The molecule has 6 heteroatoms. The van der Waals surface area contributed by atoms with Crippen molar-refractivity contribution >= 4 is 23.4 Å². The molecule has 1 aromatic heterocycles. The molecule has 1 aromatic carbocycles. The number of carbonyl (C=O) groups excluding carboxylic acids is 1. The van der Waals surface area contributed by atoms with E-state index in [9.17, 15) is 4.79 Å². The Labute approximate surface area is 148 Å². The Morgan fingerprint density at radius 3 is 2.80 bits per heavy atom. The average molecular weight is 340 g/mol. The molecule has 0 aliphatic heterocycles. The van der Waals surface area contributed by atoms with Crippen molar-refractivity contribution in [2.45, 2.75) is 45.1 Å². The Morgan fingerprint density at radius 2 is 2.00 bits per heavy atom. The summed E-state index contributed by atoms with van der Waals surface area (Å²) in [5.74, 6) is 0.913. The van der Waals surface area contributed by atoms with Crippen molar-refractivity contribution in [3.05, 3.63) is 42.1 Å². The van der Waals surface area contributed by atoms with Crippen LogP contribution in [-0.2, 0) is 4.74 Å². The van der Waals surface area contributed by atoms with Crippen LogP contribution in [0.25, 0.3) is 0 Å². The second-order valence-corrected chi connectivity index (χ2v) is 6.14. The van der Waals surface area contributed by atoms with Gasteiger partial charge < -0.3 is 15.4 Å². The first-order valence-corrected chi connectivity index (χ1v) is 8.89. The van der Waals surface area contributed by atoms with Gasteiger partial charge in [0.15, 0.2) is 0 Å². The molecule has 0 saturated heterocycles. The third kappa shape index (κ3) is 4.68. The van der Waals surface area contributed by atoms with Gasteiger partial charge in [0.1, 0.15) is 5.82 Å². The first-order chi connectivity index (χ1) is 12.3. The summed E-state index contributed by atoms with van der Waals surface area (Å²) in [7, 11) is 0. The number of esters is 1. The third-order valence-corrected chi connectivity index (χ3v) is 4.28. The molecule has 6 nitrogen and oxygen atoms in total. The molecule has 0 spiro atoms. The van der Waals surface area contributed by atoms with Crippen LogP contribution in [0, 0.1) is 0 Å². The number of hydrogen-bond donors (Lipinski definition) is 2. The zero-order valence-corrected chi connectivity index (χ0v) is 14.5. The molecule has 1 aliphatic rings. The van der Waals surface area contributed by atoms with Gasteiger partial charge in [-0.05, 0) is 38.0 Å². The van der Waals surface area contributed by atoms with Crippen LogP contribution in [0.2, 0.25) is 0 Å². The van der Waals surface area contributed by atoms with Gasteiger partial charge in [0, 0.05) is 12.2 Å². The van der Waals surface area contributed by atoms with E-state index in [4.69, 9.17) is 4.74 Å². The molecule has 25 heavy (non-hydrogen) atoms. The number of hydrogen-bond acceptors (Lipinski definition) is 6. The van der Waals surface area contributed by atoms with Crippen LogP contribution >= 0.6 is 0 Å². The van der Waals surface area contributed by atoms with E-state index in [1.54, 1.807) is 25.3 Å². The minimum absolute atomic E-state index is 0.343. The highest BCUT2D eigenvalue weighted by molar-refractivity contribution is 5.96. The lowest BCUT2D eigenvalue weighted by molar-refractivity contribution is 0.0527. The first kappa shape index (κ1) is 17.2. The number of ether oxygens (including phenoxy) is 1. The minimum Gasteiger partial charge on any atom is -0.462 e. The molecule has 0 amide bonds. The highest BCUT2D eigenvalue weighted by Gasteiger charge is 2.15. The molecule has 2 aromatic rings. The summed E-state index contributed by atoms with van der Waals surface area (Å²) in [5.41, 5.74) is 1.16. The highest BCUT2D eigenvalue weighted by Crippen LogP contribution is 2.23. The molecule has 1 aliphatic carbocycles. The van der Waals surface area contributed by atoms with Crippen LogP contribution in [0.3, 0.4) is 0 Å². The first-order valence-electron chi connectivity index (χ1n) is 8.89. The Kier molecular flexibility index (Phi) is 5.82. The highest BCUT2D eigenvalue weighted by atomic mass is 16.5. The van der Waals surface area contributed by atoms with Crippen molar-refractivity contribution < 1.29 is 9.53 Å². The van der Waals surface area contributed by atoms with Gasteiger partial charge >= 0.3 is 5.97 Å². The number of nitrogens with one attached hydrogen (secondary N) is 2. The Bertz CT molecular complexity index is 714. The zero-order valence-electron chi connectivity index (χ0n) is 14.5. The number of benzene rings is 1. The van der Waals surface area contributed by atoms with Crippen molar-refractivity contribution in [2.24, 2.45) is 0 Å². The van der Waals surface area contributed by atoms with Crippen molar-refractivity contribution in [1.82, 2.24) is 9.97 Å². The molecule has 2 N–H and O–H groups in total. The number of anilines is 3. The van der Waals surface area contributed by atoms with Crippen LogP contribution in [-0.4, -0.2) is 28.6 Å². The van der Waals surface area contributed by atoms with Crippen LogP contribution in [0.1, 0.15) is 49.4 Å². The van der Waals surface area contributed by atoms with Crippen molar-refractivity contribution in [3.63, 3.8) is 0 Å². The van der Waals surface area contributed by atoms with E-state index in [0.717, 1.165) is 12.8 Å². The molecule has 3 rings (SSSR count). The van der Waals surface area contributed by atoms with E-state index in [0.29, 0.717) is 35.7 Å². The quantitative estimate of drug-likeness (QED) is 0.770. The molecule has 1 heterocycles. The van der Waals surface area contributed by atoms with Crippen LogP contribution in [0.5, 0.6) is 0 Å². The van der Waals surface area contributed by atoms with Gasteiger partial charge in [-0.15, -0.1) is 0 Å². The van der Waals surface area contributed by atoms with Gasteiger partial charge in [-0.3, -0.25) is 0 Å². The SMILES string of the molecule is CCOC(=O)c1ccccc1Nc1ccnc(NC2CCCCC2)n1. The molecule has 132 valence electrons. The topological polar surface area (TPSA) is 76.1 Å². The van der Waals surface area contributed by atoms with Gasteiger partial charge in [0.05, 0.1) is 17.9 Å². The second-order valence-electron chi connectivity index (χ2n) is 6.14. The summed E-state index contributed by atoms with van der Waals surface area (Å²) in [6.45, 7) is 2.14. The van der Waals surface area contributed by atoms with Gasteiger partial charge in [0.2, 0.25) is 5.95 Å². The van der Waals surface area contributed by atoms with Crippen LogP contribution < -0.4 is 10.6 Å². The van der Waals surface area contributed by atoms with Crippen LogP contribution in [0.15, 0.2) is 36.5 Å². The number of carbonyl (C=O) groups is 1. The molecule has 0 radical (unpaired) electrons. The zero-order chi connectivity index (χ0) is 17.5. The van der Waals surface area contributed by atoms with E-state index in [1.807, 2.05) is 18.2 Å². The maximum absolute atomic E-state index is 12.1. The summed E-state index contributed by atoms with van der Waals surface area (Å²) in [6, 6.07) is 9.48. The average Bonchev–Trinajstić information content (AvgIpc) is 2.63. The van der Waals surface area contributed by atoms with Crippen molar-refractivity contribution in [1.29, 1.82) is 0 Å². The minimum atomic E-state index is -0.347.